The molecule has 102 valence electrons. The zero-order valence-electron chi connectivity index (χ0n) is 12.1. The summed E-state index contributed by atoms with van der Waals surface area (Å²) in [6.07, 6.45) is 4.96. The summed E-state index contributed by atoms with van der Waals surface area (Å²) in [6.45, 7) is 9.36. The molecule has 1 heterocycles. The smallest absolute Gasteiger partial charge is 0.134 e. The van der Waals surface area contributed by atoms with Crippen LogP contribution in [0, 0.1) is 0 Å². The van der Waals surface area contributed by atoms with Crippen LogP contribution in [0.1, 0.15) is 58.6 Å². The monoisotopic (exact) mass is 250 g/mol. The number of hydrogen-bond donors (Lipinski definition) is 1. The Morgan fingerprint density at radius 2 is 2.00 bits per heavy atom. The number of aromatic nitrogens is 1. The van der Waals surface area contributed by atoms with Crippen LogP contribution in [0.3, 0.4) is 0 Å². The fraction of sp³-hybridized carbons (Fsp3) is 0.667. The van der Waals surface area contributed by atoms with E-state index in [0.29, 0.717) is 6.04 Å². The molecule has 0 aliphatic rings. The molecule has 1 aromatic rings. The molecule has 0 radical (unpaired) electrons. The van der Waals surface area contributed by atoms with Crippen LogP contribution in [0.15, 0.2) is 18.3 Å². The average Bonchev–Trinajstić information content (AvgIpc) is 2.34. The molecule has 0 aliphatic carbocycles. The number of rotatable bonds is 7. The summed E-state index contributed by atoms with van der Waals surface area (Å²) >= 11 is 0. The molecule has 3 heteroatoms. The summed E-state index contributed by atoms with van der Waals surface area (Å²) in [7, 11) is 0. The van der Waals surface area contributed by atoms with Gasteiger partial charge < -0.3 is 10.0 Å². The highest BCUT2D eigenvalue weighted by atomic mass is 16.3. The zero-order chi connectivity index (χ0) is 13.5. The van der Waals surface area contributed by atoms with E-state index in [9.17, 15) is 5.11 Å². The lowest BCUT2D eigenvalue weighted by atomic mass is 10.1. The maximum absolute atomic E-state index is 9.84. The number of aliphatic hydroxyl groups is 1. The maximum atomic E-state index is 9.84. The fourth-order valence-electron chi connectivity index (χ4n) is 2.12. The Labute approximate surface area is 111 Å². The molecule has 0 fully saturated rings. The second-order valence-electron chi connectivity index (χ2n) is 5.09. The fourth-order valence-corrected chi connectivity index (χ4v) is 2.12. The van der Waals surface area contributed by atoms with Crippen LogP contribution in [0.25, 0.3) is 0 Å². The lowest BCUT2D eigenvalue weighted by Crippen LogP contribution is -2.33. The van der Waals surface area contributed by atoms with Crippen molar-refractivity contribution >= 4 is 5.82 Å². The molecule has 0 aliphatic heterocycles. The summed E-state index contributed by atoms with van der Waals surface area (Å²) in [6, 6.07) is 4.24. The Kier molecular flexibility index (Phi) is 6.13. The number of unbranched alkanes of at least 4 members (excludes halogenated alkanes) is 2. The standard InChI is InChI=1S/C15H26N2O/c1-5-6-7-11-17(12(2)3)15-14(13(4)18)9-8-10-16-15/h8-10,12-13,18H,5-7,11H2,1-4H3/t13-/m0/s1. The van der Waals surface area contributed by atoms with Crippen LogP contribution in [0.5, 0.6) is 0 Å². The largest absolute Gasteiger partial charge is 0.389 e. The minimum Gasteiger partial charge on any atom is -0.389 e. The van der Waals surface area contributed by atoms with Gasteiger partial charge in [0.2, 0.25) is 0 Å². The first-order valence-corrected chi connectivity index (χ1v) is 6.97. The molecule has 1 aromatic heterocycles. The lowest BCUT2D eigenvalue weighted by molar-refractivity contribution is 0.199. The third kappa shape index (κ3) is 3.98. The van der Waals surface area contributed by atoms with Gasteiger partial charge in [-0.1, -0.05) is 25.8 Å². The van der Waals surface area contributed by atoms with Gasteiger partial charge in [0, 0.05) is 24.3 Å². The van der Waals surface area contributed by atoms with Crippen LogP contribution >= 0.6 is 0 Å². The molecule has 18 heavy (non-hydrogen) atoms. The van der Waals surface area contributed by atoms with Crippen LogP contribution in [-0.2, 0) is 0 Å². The Morgan fingerprint density at radius 3 is 2.56 bits per heavy atom. The van der Waals surface area contributed by atoms with E-state index in [2.05, 4.69) is 30.7 Å². The van der Waals surface area contributed by atoms with Crippen molar-refractivity contribution in [3.8, 4) is 0 Å². The maximum Gasteiger partial charge on any atom is 0.134 e. The molecular formula is C15H26N2O. The van der Waals surface area contributed by atoms with Crippen molar-refractivity contribution in [3.05, 3.63) is 23.9 Å². The van der Waals surface area contributed by atoms with E-state index in [1.807, 2.05) is 12.1 Å². The van der Waals surface area contributed by atoms with Gasteiger partial charge >= 0.3 is 0 Å². The Balaban J connectivity index is 2.91. The van der Waals surface area contributed by atoms with E-state index in [1.165, 1.54) is 19.3 Å². The van der Waals surface area contributed by atoms with Crippen molar-refractivity contribution in [1.29, 1.82) is 0 Å². The van der Waals surface area contributed by atoms with E-state index >= 15 is 0 Å². The number of hydrogen-bond acceptors (Lipinski definition) is 3. The molecule has 3 nitrogen and oxygen atoms in total. The van der Waals surface area contributed by atoms with Crippen LogP contribution in [0.4, 0.5) is 5.82 Å². The van der Waals surface area contributed by atoms with Gasteiger partial charge in [-0.3, -0.25) is 0 Å². The van der Waals surface area contributed by atoms with Crippen molar-refractivity contribution in [2.24, 2.45) is 0 Å². The quantitative estimate of drug-likeness (QED) is 0.752. The van der Waals surface area contributed by atoms with Crippen molar-refractivity contribution in [3.63, 3.8) is 0 Å². The molecule has 0 amide bonds. The summed E-state index contributed by atoms with van der Waals surface area (Å²) in [4.78, 5) is 6.76. The molecule has 0 bridgehead atoms. The minimum absolute atomic E-state index is 0.397. The van der Waals surface area contributed by atoms with Gasteiger partial charge in [0.25, 0.3) is 0 Å². The van der Waals surface area contributed by atoms with Gasteiger partial charge in [-0.15, -0.1) is 0 Å². The van der Waals surface area contributed by atoms with Crippen molar-refractivity contribution in [2.75, 3.05) is 11.4 Å². The molecule has 0 unspecified atom stereocenters. The second-order valence-corrected chi connectivity index (χ2v) is 5.09. The first kappa shape index (κ1) is 15.0. The Hall–Kier alpha value is -1.09. The van der Waals surface area contributed by atoms with Crippen molar-refractivity contribution in [2.45, 2.75) is 59.1 Å². The predicted octanol–water partition coefficient (Wildman–Crippen LogP) is 3.54. The average molecular weight is 250 g/mol. The summed E-state index contributed by atoms with van der Waals surface area (Å²) in [5, 5.41) is 9.84. The van der Waals surface area contributed by atoms with Gasteiger partial charge in [-0.25, -0.2) is 4.98 Å². The van der Waals surface area contributed by atoms with E-state index in [0.717, 1.165) is 17.9 Å². The van der Waals surface area contributed by atoms with Crippen LogP contribution in [-0.4, -0.2) is 22.7 Å². The van der Waals surface area contributed by atoms with Crippen molar-refractivity contribution < 1.29 is 5.11 Å². The van der Waals surface area contributed by atoms with E-state index < -0.39 is 6.10 Å². The van der Waals surface area contributed by atoms with Gasteiger partial charge in [-0.2, -0.15) is 0 Å². The molecule has 1 N–H and O–H groups in total. The highest BCUT2D eigenvalue weighted by Gasteiger charge is 2.17. The van der Waals surface area contributed by atoms with E-state index in [-0.39, 0.29) is 0 Å². The molecule has 0 spiro atoms. The number of anilines is 1. The SMILES string of the molecule is CCCCCN(c1ncccc1[C@H](C)O)C(C)C. The topological polar surface area (TPSA) is 36.4 Å². The van der Waals surface area contributed by atoms with Crippen molar-refractivity contribution in [1.82, 2.24) is 4.98 Å². The second kappa shape index (κ2) is 7.37. The third-order valence-corrected chi connectivity index (χ3v) is 3.16. The van der Waals surface area contributed by atoms with Gasteiger partial charge in [0.1, 0.15) is 5.82 Å². The minimum atomic E-state index is -0.471. The first-order valence-electron chi connectivity index (χ1n) is 6.97. The first-order chi connectivity index (χ1) is 8.57. The summed E-state index contributed by atoms with van der Waals surface area (Å²) in [5.41, 5.74) is 0.919. The normalized spacial score (nSPS) is 12.8. The highest BCUT2D eigenvalue weighted by Crippen LogP contribution is 2.25. The summed E-state index contributed by atoms with van der Waals surface area (Å²) in [5.74, 6) is 0.929. The number of pyridine rings is 1. The van der Waals surface area contributed by atoms with Gasteiger partial charge in [-0.05, 0) is 33.3 Å². The molecule has 0 aromatic carbocycles. The molecule has 0 saturated heterocycles. The lowest BCUT2D eigenvalue weighted by Gasteiger charge is -2.30. The number of nitrogens with zero attached hydrogens (tertiary/aromatic N) is 2. The highest BCUT2D eigenvalue weighted by molar-refractivity contribution is 5.48. The Morgan fingerprint density at radius 1 is 1.28 bits per heavy atom. The predicted molar refractivity (Wildman–Crippen MR) is 76.9 cm³/mol. The van der Waals surface area contributed by atoms with Gasteiger partial charge in [0.05, 0.1) is 6.10 Å². The van der Waals surface area contributed by atoms with Crippen LogP contribution < -0.4 is 4.90 Å². The summed E-state index contributed by atoms with van der Waals surface area (Å²) < 4.78 is 0. The molecule has 0 saturated carbocycles. The van der Waals surface area contributed by atoms with Crippen LogP contribution in [0.2, 0.25) is 0 Å². The molecular weight excluding hydrogens is 224 g/mol. The van der Waals surface area contributed by atoms with Gasteiger partial charge in [0.15, 0.2) is 0 Å². The number of aliphatic hydroxyl groups excluding tert-OH is 1. The van der Waals surface area contributed by atoms with E-state index in [4.69, 9.17) is 0 Å². The third-order valence-electron chi connectivity index (χ3n) is 3.16. The molecule has 1 atom stereocenters. The van der Waals surface area contributed by atoms with E-state index in [1.54, 1.807) is 13.1 Å². The Bertz CT molecular complexity index is 350. The zero-order valence-corrected chi connectivity index (χ0v) is 12.1. The molecule has 1 rings (SSSR count).